The second-order valence-electron chi connectivity index (χ2n) is 7.18. The number of carbonyl (C=O) groups is 2. The molecule has 30 heavy (non-hydrogen) atoms. The van der Waals surface area contributed by atoms with E-state index in [1.54, 1.807) is 12.1 Å². The lowest BCUT2D eigenvalue weighted by molar-refractivity contribution is -0.123. The summed E-state index contributed by atoms with van der Waals surface area (Å²) in [7, 11) is 0. The van der Waals surface area contributed by atoms with E-state index in [1.165, 1.54) is 24.3 Å². The van der Waals surface area contributed by atoms with E-state index in [0.717, 1.165) is 17.5 Å². The third kappa shape index (κ3) is 5.32. The molecule has 0 saturated carbocycles. The van der Waals surface area contributed by atoms with Gasteiger partial charge in [-0.15, -0.1) is 0 Å². The van der Waals surface area contributed by atoms with Crippen LogP contribution >= 0.6 is 0 Å². The van der Waals surface area contributed by atoms with Crippen molar-refractivity contribution in [2.45, 2.75) is 32.2 Å². The van der Waals surface area contributed by atoms with E-state index in [0.29, 0.717) is 11.3 Å². The minimum atomic E-state index is -0.385. The molecule has 5 heteroatoms. The van der Waals surface area contributed by atoms with E-state index in [9.17, 15) is 14.0 Å². The fraction of sp³-hybridized carbons (Fsp3) is 0.200. The summed E-state index contributed by atoms with van der Waals surface area (Å²) in [5.41, 5.74) is 2.95. The lowest BCUT2D eigenvalue weighted by atomic mass is 9.95. The van der Waals surface area contributed by atoms with Crippen molar-refractivity contribution in [1.82, 2.24) is 5.32 Å². The number of hydrogen-bond donors (Lipinski definition) is 2. The molecule has 3 aromatic rings. The van der Waals surface area contributed by atoms with Crippen LogP contribution in [0, 0.1) is 5.82 Å². The highest BCUT2D eigenvalue weighted by atomic mass is 19.1. The number of hydrogen-bond acceptors (Lipinski definition) is 2. The topological polar surface area (TPSA) is 58.2 Å². The Bertz CT molecular complexity index is 986. The molecule has 2 unspecified atom stereocenters. The van der Waals surface area contributed by atoms with Crippen LogP contribution in [0.4, 0.5) is 10.1 Å². The van der Waals surface area contributed by atoms with Crippen LogP contribution in [0.3, 0.4) is 0 Å². The molecule has 0 heterocycles. The molecule has 0 fully saturated rings. The average Bonchev–Trinajstić information content (AvgIpc) is 2.76. The smallest absolute Gasteiger partial charge is 0.255 e. The third-order valence-electron chi connectivity index (χ3n) is 5.06. The van der Waals surface area contributed by atoms with Crippen LogP contribution in [0.2, 0.25) is 0 Å². The highest BCUT2D eigenvalue weighted by Gasteiger charge is 2.20. The highest BCUT2D eigenvalue weighted by molar-refractivity contribution is 6.04. The minimum Gasteiger partial charge on any atom is -0.349 e. The first kappa shape index (κ1) is 21.2. The Morgan fingerprint density at radius 1 is 0.867 bits per heavy atom. The molecule has 154 valence electrons. The van der Waals surface area contributed by atoms with Gasteiger partial charge >= 0.3 is 0 Å². The van der Waals surface area contributed by atoms with Crippen LogP contribution in [-0.4, -0.2) is 11.8 Å². The van der Waals surface area contributed by atoms with Gasteiger partial charge in [0.05, 0.1) is 12.0 Å². The number of carbonyl (C=O) groups excluding carboxylic acids is 2. The molecule has 2 atom stereocenters. The van der Waals surface area contributed by atoms with Gasteiger partial charge < -0.3 is 10.6 Å². The van der Waals surface area contributed by atoms with Crippen LogP contribution in [-0.2, 0) is 4.79 Å². The Morgan fingerprint density at radius 3 is 2.10 bits per heavy atom. The zero-order chi connectivity index (χ0) is 21.5. The van der Waals surface area contributed by atoms with Gasteiger partial charge in [0.25, 0.3) is 5.91 Å². The maximum atomic E-state index is 13.0. The van der Waals surface area contributed by atoms with E-state index < -0.39 is 0 Å². The van der Waals surface area contributed by atoms with E-state index >= 15 is 0 Å². The molecule has 0 aromatic heterocycles. The van der Waals surface area contributed by atoms with Crippen molar-refractivity contribution in [3.8, 4) is 0 Å². The molecule has 0 aliphatic heterocycles. The summed E-state index contributed by atoms with van der Waals surface area (Å²) in [6.45, 7) is 3.93. The molecule has 2 amide bonds. The number of benzene rings is 3. The lowest BCUT2D eigenvalue weighted by Crippen LogP contribution is -2.31. The van der Waals surface area contributed by atoms with Crippen molar-refractivity contribution in [1.29, 1.82) is 0 Å². The Morgan fingerprint density at radius 2 is 1.50 bits per heavy atom. The van der Waals surface area contributed by atoms with Crippen LogP contribution in [0.25, 0.3) is 0 Å². The zero-order valence-corrected chi connectivity index (χ0v) is 17.1. The zero-order valence-electron chi connectivity index (χ0n) is 17.1. The van der Waals surface area contributed by atoms with Crippen molar-refractivity contribution < 1.29 is 14.0 Å². The fourth-order valence-electron chi connectivity index (χ4n) is 3.31. The summed E-state index contributed by atoms with van der Waals surface area (Å²) >= 11 is 0. The Labute approximate surface area is 176 Å². The number of rotatable bonds is 7. The summed E-state index contributed by atoms with van der Waals surface area (Å²) in [4.78, 5) is 25.0. The summed E-state index contributed by atoms with van der Waals surface area (Å²) < 4.78 is 13.0. The van der Waals surface area contributed by atoms with Gasteiger partial charge in [0.2, 0.25) is 5.91 Å². The molecule has 2 N–H and O–H groups in total. The van der Waals surface area contributed by atoms with Gasteiger partial charge in [-0.2, -0.15) is 0 Å². The number of anilines is 1. The van der Waals surface area contributed by atoms with Gasteiger partial charge in [0.15, 0.2) is 0 Å². The molecule has 0 bridgehead atoms. The first-order valence-corrected chi connectivity index (χ1v) is 10.00. The largest absolute Gasteiger partial charge is 0.349 e. The minimum absolute atomic E-state index is 0.00936. The van der Waals surface area contributed by atoms with Crippen LogP contribution < -0.4 is 10.6 Å². The Balaban J connectivity index is 1.61. The molecule has 4 nitrogen and oxygen atoms in total. The van der Waals surface area contributed by atoms with E-state index in [4.69, 9.17) is 0 Å². The first-order valence-electron chi connectivity index (χ1n) is 10.00. The van der Waals surface area contributed by atoms with E-state index in [-0.39, 0.29) is 29.6 Å². The first-order chi connectivity index (χ1) is 14.5. The van der Waals surface area contributed by atoms with Crippen LogP contribution in [0.5, 0.6) is 0 Å². The standard InChI is InChI=1S/C25H25FN2O2/c1-3-23(19-7-5-4-6-8-19)25(30)27-17(2)18-11-15-22(16-12-18)28-24(29)20-9-13-21(26)14-10-20/h4-17,23H,3H2,1-2H3,(H,27,30)(H,28,29). The molecule has 3 aromatic carbocycles. The predicted molar refractivity (Wildman–Crippen MR) is 117 cm³/mol. The van der Waals surface area contributed by atoms with Crippen molar-refractivity contribution >= 4 is 17.5 Å². The van der Waals surface area contributed by atoms with Crippen molar-refractivity contribution in [2.24, 2.45) is 0 Å². The summed E-state index contributed by atoms with van der Waals surface area (Å²) in [6, 6.07) is 22.3. The SMILES string of the molecule is CCC(C(=O)NC(C)c1ccc(NC(=O)c2ccc(F)cc2)cc1)c1ccccc1. The molecular formula is C25H25FN2O2. The molecule has 3 rings (SSSR count). The predicted octanol–water partition coefficient (Wildman–Crippen LogP) is 5.45. The van der Waals surface area contributed by atoms with E-state index in [1.807, 2.05) is 56.3 Å². The number of halogens is 1. The summed E-state index contributed by atoms with van der Waals surface area (Å²) in [5.74, 6) is -0.893. The quantitative estimate of drug-likeness (QED) is 0.550. The molecular weight excluding hydrogens is 379 g/mol. The fourth-order valence-corrected chi connectivity index (χ4v) is 3.31. The van der Waals surface area contributed by atoms with Gasteiger partial charge in [-0.25, -0.2) is 4.39 Å². The summed E-state index contributed by atoms with van der Waals surface area (Å²) in [5, 5.41) is 5.86. The lowest BCUT2D eigenvalue weighted by Gasteiger charge is -2.20. The van der Waals surface area contributed by atoms with E-state index in [2.05, 4.69) is 10.6 Å². The number of amides is 2. The second-order valence-corrected chi connectivity index (χ2v) is 7.18. The normalized spacial score (nSPS) is 12.6. The molecule has 0 saturated heterocycles. The highest BCUT2D eigenvalue weighted by Crippen LogP contribution is 2.22. The third-order valence-corrected chi connectivity index (χ3v) is 5.06. The second kappa shape index (κ2) is 9.83. The maximum absolute atomic E-state index is 13.0. The van der Waals surface area contributed by atoms with Gasteiger partial charge in [0, 0.05) is 11.3 Å². The molecule has 0 aliphatic carbocycles. The number of nitrogens with one attached hydrogen (secondary N) is 2. The van der Waals surface area contributed by atoms with Crippen molar-refractivity contribution in [3.63, 3.8) is 0 Å². The Kier molecular flexibility index (Phi) is 6.96. The van der Waals surface area contributed by atoms with Crippen LogP contribution in [0.1, 0.15) is 53.7 Å². The Hall–Kier alpha value is -3.47. The van der Waals surface area contributed by atoms with Crippen molar-refractivity contribution in [3.05, 3.63) is 101 Å². The maximum Gasteiger partial charge on any atom is 0.255 e. The van der Waals surface area contributed by atoms with Gasteiger partial charge in [0.1, 0.15) is 5.82 Å². The van der Waals surface area contributed by atoms with Crippen molar-refractivity contribution in [2.75, 3.05) is 5.32 Å². The summed E-state index contributed by atoms with van der Waals surface area (Å²) in [6.07, 6.45) is 0.719. The monoisotopic (exact) mass is 404 g/mol. The van der Waals surface area contributed by atoms with Gasteiger partial charge in [-0.3, -0.25) is 9.59 Å². The van der Waals surface area contributed by atoms with Gasteiger partial charge in [-0.1, -0.05) is 49.4 Å². The molecule has 0 spiro atoms. The molecule has 0 radical (unpaired) electrons. The molecule has 0 aliphatic rings. The van der Waals surface area contributed by atoms with Crippen LogP contribution in [0.15, 0.2) is 78.9 Å². The van der Waals surface area contributed by atoms with Gasteiger partial charge in [-0.05, 0) is 60.9 Å². The average molecular weight is 404 g/mol.